The van der Waals surface area contributed by atoms with Crippen LogP contribution in [-0.2, 0) is 19.6 Å². The number of rotatable bonds is 6. The number of nitrogens with one attached hydrogen (secondary N) is 2. The fraction of sp³-hybridized carbons (Fsp3) is 0.167. The molecule has 2 amide bonds. The highest BCUT2D eigenvalue weighted by Gasteiger charge is 2.30. The van der Waals surface area contributed by atoms with Crippen molar-refractivity contribution in [3.8, 4) is 0 Å². The SMILES string of the molecule is COC(=O)CC(NS(=O)(=O)c1ccc2c(c1)C(=O)NC2=O)c1ccccc1Cl. The summed E-state index contributed by atoms with van der Waals surface area (Å²) in [7, 11) is -2.96. The number of imide groups is 1. The van der Waals surface area contributed by atoms with E-state index in [4.69, 9.17) is 11.6 Å². The van der Waals surface area contributed by atoms with E-state index in [1.807, 2.05) is 0 Å². The summed E-state index contributed by atoms with van der Waals surface area (Å²) in [5.74, 6) is -1.89. The van der Waals surface area contributed by atoms with Crippen molar-refractivity contribution in [2.45, 2.75) is 17.4 Å². The van der Waals surface area contributed by atoms with Crippen LogP contribution in [-0.4, -0.2) is 33.3 Å². The van der Waals surface area contributed by atoms with E-state index in [9.17, 15) is 22.8 Å². The number of hydrogen-bond acceptors (Lipinski definition) is 6. The van der Waals surface area contributed by atoms with E-state index in [1.165, 1.54) is 19.2 Å². The van der Waals surface area contributed by atoms with Crippen molar-refractivity contribution in [3.05, 3.63) is 64.2 Å². The molecule has 1 aliphatic rings. The van der Waals surface area contributed by atoms with Gasteiger partial charge < -0.3 is 4.74 Å². The van der Waals surface area contributed by atoms with Crippen molar-refractivity contribution in [1.29, 1.82) is 0 Å². The van der Waals surface area contributed by atoms with Gasteiger partial charge in [0.1, 0.15) is 0 Å². The summed E-state index contributed by atoms with van der Waals surface area (Å²) in [6.07, 6.45) is -0.288. The first-order valence-corrected chi connectivity index (χ1v) is 9.92. The minimum atomic E-state index is -4.15. The number of hydrogen-bond donors (Lipinski definition) is 2. The molecule has 0 saturated carbocycles. The highest BCUT2D eigenvalue weighted by molar-refractivity contribution is 7.89. The van der Waals surface area contributed by atoms with Crippen molar-refractivity contribution in [1.82, 2.24) is 10.0 Å². The summed E-state index contributed by atoms with van der Waals surface area (Å²) in [5.41, 5.74) is 0.462. The highest BCUT2D eigenvalue weighted by Crippen LogP contribution is 2.28. The third-order valence-corrected chi connectivity index (χ3v) is 6.01. The average Bonchev–Trinajstić information content (AvgIpc) is 2.95. The first-order chi connectivity index (χ1) is 13.2. The van der Waals surface area contributed by atoms with Gasteiger partial charge in [0.2, 0.25) is 10.0 Å². The van der Waals surface area contributed by atoms with Crippen LogP contribution in [0.25, 0.3) is 0 Å². The predicted molar refractivity (Wildman–Crippen MR) is 99.4 cm³/mol. The number of halogens is 1. The van der Waals surface area contributed by atoms with Gasteiger partial charge in [0.25, 0.3) is 11.8 Å². The van der Waals surface area contributed by atoms with Gasteiger partial charge in [-0.15, -0.1) is 0 Å². The van der Waals surface area contributed by atoms with Gasteiger partial charge in [-0.1, -0.05) is 29.8 Å². The first kappa shape index (κ1) is 20.0. The van der Waals surface area contributed by atoms with Crippen LogP contribution in [0.15, 0.2) is 47.4 Å². The van der Waals surface area contributed by atoms with Crippen LogP contribution in [0.3, 0.4) is 0 Å². The molecule has 2 aromatic rings. The normalized spacial score (nSPS) is 14.4. The summed E-state index contributed by atoms with van der Waals surface area (Å²) in [4.78, 5) is 35.0. The Labute approximate surface area is 165 Å². The molecule has 146 valence electrons. The van der Waals surface area contributed by atoms with Crippen molar-refractivity contribution >= 4 is 39.4 Å². The molecule has 1 heterocycles. The summed E-state index contributed by atoms with van der Waals surface area (Å²) in [6, 6.07) is 9.08. The Morgan fingerprint density at radius 2 is 1.82 bits per heavy atom. The standard InChI is InChI=1S/C18H15ClN2O6S/c1-27-16(22)9-15(12-4-2-3-5-14(12)19)21-28(25,26)10-6-7-11-13(8-10)18(24)20-17(11)23/h2-8,15,21H,9H2,1H3,(H,20,23,24). The second-order valence-electron chi connectivity index (χ2n) is 5.97. The van der Waals surface area contributed by atoms with E-state index >= 15 is 0 Å². The van der Waals surface area contributed by atoms with Crippen molar-refractivity contribution < 1.29 is 27.5 Å². The molecule has 8 nitrogen and oxygen atoms in total. The monoisotopic (exact) mass is 422 g/mol. The highest BCUT2D eigenvalue weighted by atomic mass is 35.5. The zero-order chi connectivity index (χ0) is 20.5. The quantitative estimate of drug-likeness (QED) is 0.541. The molecule has 10 heteroatoms. The number of fused-ring (bicyclic) bond motifs is 1. The zero-order valence-corrected chi connectivity index (χ0v) is 16.1. The summed E-state index contributed by atoms with van der Waals surface area (Å²) in [5, 5.41) is 2.37. The van der Waals surface area contributed by atoms with E-state index in [-0.39, 0.29) is 27.5 Å². The number of carbonyl (C=O) groups excluding carboxylic acids is 3. The maximum Gasteiger partial charge on any atom is 0.307 e. The predicted octanol–water partition coefficient (Wildman–Crippen LogP) is 1.81. The van der Waals surface area contributed by atoms with Crippen LogP contribution in [0, 0.1) is 0 Å². The molecule has 1 unspecified atom stereocenters. The molecule has 0 aromatic heterocycles. The summed E-state index contributed by atoms with van der Waals surface area (Å²) < 4.78 is 32.8. The van der Waals surface area contributed by atoms with Crippen molar-refractivity contribution in [2.24, 2.45) is 0 Å². The molecule has 28 heavy (non-hydrogen) atoms. The van der Waals surface area contributed by atoms with Crippen molar-refractivity contribution in [3.63, 3.8) is 0 Å². The summed E-state index contributed by atoms with van der Waals surface area (Å²) >= 11 is 6.16. The van der Waals surface area contributed by atoms with Gasteiger partial charge in [-0.25, -0.2) is 13.1 Å². The number of esters is 1. The number of amides is 2. The molecule has 0 saturated heterocycles. The Morgan fingerprint density at radius 1 is 1.14 bits per heavy atom. The molecule has 2 aromatic carbocycles. The molecular weight excluding hydrogens is 408 g/mol. The molecule has 0 spiro atoms. The van der Waals surface area contributed by atoms with E-state index in [0.29, 0.717) is 5.56 Å². The van der Waals surface area contributed by atoms with E-state index < -0.39 is 33.8 Å². The molecule has 0 radical (unpaired) electrons. The minimum absolute atomic E-state index is 0.0323. The fourth-order valence-corrected chi connectivity index (χ4v) is 4.30. The lowest BCUT2D eigenvalue weighted by molar-refractivity contribution is -0.141. The lowest BCUT2D eigenvalue weighted by atomic mass is 10.1. The number of benzene rings is 2. The van der Waals surface area contributed by atoms with Crippen LogP contribution in [0.1, 0.15) is 38.7 Å². The molecule has 1 atom stereocenters. The molecule has 0 fully saturated rings. The van der Waals surface area contributed by atoms with Gasteiger partial charge in [-0.05, 0) is 29.8 Å². The Morgan fingerprint density at radius 3 is 2.50 bits per heavy atom. The molecule has 0 bridgehead atoms. The van der Waals surface area contributed by atoms with E-state index in [0.717, 1.165) is 6.07 Å². The molecular formula is C18H15ClN2O6S. The Kier molecular flexibility index (Phi) is 5.50. The van der Waals surface area contributed by atoms with Gasteiger partial charge in [-0.2, -0.15) is 0 Å². The van der Waals surface area contributed by atoms with Gasteiger partial charge in [0.15, 0.2) is 0 Å². The minimum Gasteiger partial charge on any atom is -0.469 e. The average molecular weight is 423 g/mol. The maximum absolute atomic E-state index is 12.9. The van der Waals surface area contributed by atoms with Crippen LogP contribution in [0.5, 0.6) is 0 Å². The molecule has 2 N–H and O–H groups in total. The third kappa shape index (κ3) is 3.91. The van der Waals surface area contributed by atoms with Crippen LogP contribution in [0.2, 0.25) is 5.02 Å². The number of ether oxygens (including phenoxy) is 1. The smallest absolute Gasteiger partial charge is 0.307 e. The van der Waals surface area contributed by atoms with Crippen LogP contribution < -0.4 is 10.0 Å². The Hall–Kier alpha value is -2.75. The Balaban J connectivity index is 1.97. The number of sulfonamides is 1. The molecule has 3 rings (SSSR count). The zero-order valence-electron chi connectivity index (χ0n) is 14.6. The largest absolute Gasteiger partial charge is 0.469 e. The lowest BCUT2D eigenvalue weighted by Gasteiger charge is -2.19. The second kappa shape index (κ2) is 7.70. The third-order valence-electron chi connectivity index (χ3n) is 4.19. The van der Waals surface area contributed by atoms with Gasteiger partial charge in [0.05, 0.1) is 35.6 Å². The van der Waals surface area contributed by atoms with Crippen LogP contribution >= 0.6 is 11.6 Å². The van der Waals surface area contributed by atoms with E-state index in [2.05, 4.69) is 14.8 Å². The van der Waals surface area contributed by atoms with Gasteiger partial charge >= 0.3 is 5.97 Å². The Bertz CT molecular complexity index is 1080. The molecule has 1 aliphatic heterocycles. The summed E-state index contributed by atoms with van der Waals surface area (Å²) in [6.45, 7) is 0. The number of carbonyl (C=O) groups is 3. The topological polar surface area (TPSA) is 119 Å². The lowest BCUT2D eigenvalue weighted by Crippen LogP contribution is -2.31. The maximum atomic E-state index is 12.9. The van der Waals surface area contributed by atoms with Gasteiger partial charge in [0, 0.05) is 5.02 Å². The van der Waals surface area contributed by atoms with Crippen LogP contribution in [0.4, 0.5) is 0 Å². The first-order valence-electron chi connectivity index (χ1n) is 8.06. The molecule has 0 aliphatic carbocycles. The van der Waals surface area contributed by atoms with Gasteiger partial charge in [-0.3, -0.25) is 19.7 Å². The second-order valence-corrected chi connectivity index (χ2v) is 8.09. The fourth-order valence-electron chi connectivity index (χ4n) is 2.79. The van der Waals surface area contributed by atoms with E-state index in [1.54, 1.807) is 24.3 Å². The number of methoxy groups -OCH3 is 1. The van der Waals surface area contributed by atoms with Crippen molar-refractivity contribution in [2.75, 3.05) is 7.11 Å².